The number of nitrogens with one attached hydrogen (secondary N) is 2. The molecule has 1 aliphatic heterocycles. The van der Waals surface area contributed by atoms with Gasteiger partial charge in [0.2, 0.25) is 11.8 Å². The number of carboxylic acids is 1. The fraction of sp³-hybridized carbons (Fsp3) is 0.450. The second-order valence-electron chi connectivity index (χ2n) is 7.60. The minimum absolute atomic E-state index is 0.0103. The third-order valence-electron chi connectivity index (χ3n) is 5.46. The number of carbonyl (C=O) groups excluding carboxylic acids is 2. The number of hydrogen-bond donors (Lipinski definition) is 3. The number of hydrogen-bond acceptors (Lipinski definition) is 5. The number of aryl methyl sites for hydroxylation is 1. The van der Waals surface area contributed by atoms with Gasteiger partial charge in [-0.25, -0.2) is 8.42 Å². The van der Waals surface area contributed by atoms with E-state index in [0.717, 1.165) is 22.7 Å². The van der Waals surface area contributed by atoms with Gasteiger partial charge in [0.05, 0.1) is 17.2 Å². The van der Waals surface area contributed by atoms with Crippen molar-refractivity contribution in [2.45, 2.75) is 56.0 Å². The largest absolute Gasteiger partial charge is 0.481 e. The summed E-state index contributed by atoms with van der Waals surface area (Å²) in [4.78, 5) is 36.5. The van der Waals surface area contributed by atoms with Crippen molar-refractivity contribution in [2.24, 2.45) is 5.92 Å². The Labute approximate surface area is 175 Å². The number of rotatable bonds is 6. The van der Waals surface area contributed by atoms with Gasteiger partial charge < -0.3 is 15.7 Å². The summed E-state index contributed by atoms with van der Waals surface area (Å²) < 4.78 is 27.0. The Bertz CT molecular complexity index is 957. The quantitative estimate of drug-likeness (QED) is 0.613. The molecule has 30 heavy (non-hydrogen) atoms. The summed E-state index contributed by atoms with van der Waals surface area (Å²) in [6.45, 7) is 1.83. The van der Waals surface area contributed by atoms with E-state index in [-0.39, 0.29) is 4.90 Å². The van der Waals surface area contributed by atoms with E-state index >= 15 is 0 Å². The van der Waals surface area contributed by atoms with Gasteiger partial charge in [-0.1, -0.05) is 30.5 Å². The molecule has 1 aromatic rings. The average molecular weight is 436 g/mol. The van der Waals surface area contributed by atoms with E-state index in [1.165, 1.54) is 24.5 Å². The number of sulfonamides is 1. The Morgan fingerprint density at radius 2 is 1.87 bits per heavy atom. The van der Waals surface area contributed by atoms with Crippen LogP contribution in [0.1, 0.15) is 37.7 Å². The standard InChI is InChI=1S/C20H25N3O6S/c1-13-6-8-14(9-7-13)30(28,29)23-11-10-21-19(25)17(23)12-18(24)22-16-5-3-2-4-15(16)20(26)27/h6-11,15-17H,2-5,12H2,1H3,(H,21,25)(H,22,24)(H,26,27)/t15-,16+,17-/m1/s1. The second-order valence-corrected chi connectivity index (χ2v) is 9.44. The van der Waals surface area contributed by atoms with Crippen molar-refractivity contribution in [1.82, 2.24) is 14.9 Å². The summed E-state index contributed by atoms with van der Waals surface area (Å²) >= 11 is 0. The summed E-state index contributed by atoms with van der Waals surface area (Å²) in [5.74, 6) is -2.84. The van der Waals surface area contributed by atoms with Crippen LogP contribution in [0.3, 0.4) is 0 Å². The molecule has 0 unspecified atom stereocenters. The van der Waals surface area contributed by atoms with E-state index in [2.05, 4.69) is 10.6 Å². The van der Waals surface area contributed by atoms with E-state index in [9.17, 15) is 27.9 Å². The molecular weight excluding hydrogens is 410 g/mol. The first kappa shape index (κ1) is 21.8. The van der Waals surface area contributed by atoms with Crippen molar-refractivity contribution >= 4 is 27.8 Å². The molecule has 0 aromatic heterocycles. The normalized spacial score (nSPS) is 24.2. The smallest absolute Gasteiger partial charge is 0.308 e. The molecule has 9 nitrogen and oxygen atoms in total. The highest BCUT2D eigenvalue weighted by Gasteiger charge is 2.38. The van der Waals surface area contributed by atoms with Gasteiger partial charge in [0.15, 0.2) is 0 Å². The SMILES string of the molecule is Cc1ccc(S(=O)(=O)N2C=CNC(=O)[C@H]2CC(=O)N[C@H]2CCCC[C@H]2C(=O)O)cc1. The third kappa shape index (κ3) is 4.64. The first-order valence-electron chi connectivity index (χ1n) is 9.79. The van der Waals surface area contributed by atoms with Crippen molar-refractivity contribution in [3.05, 3.63) is 42.2 Å². The zero-order valence-corrected chi connectivity index (χ0v) is 17.4. The summed E-state index contributed by atoms with van der Waals surface area (Å²) in [6, 6.07) is 4.39. The van der Waals surface area contributed by atoms with Crippen LogP contribution in [0.5, 0.6) is 0 Å². The lowest BCUT2D eigenvalue weighted by atomic mass is 9.84. The number of benzene rings is 1. The van der Waals surface area contributed by atoms with Crippen LogP contribution in [0.25, 0.3) is 0 Å². The van der Waals surface area contributed by atoms with E-state index in [0.29, 0.717) is 12.8 Å². The maximum absolute atomic E-state index is 13.1. The molecule has 10 heteroatoms. The molecule has 0 radical (unpaired) electrons. The summed E-state index contributed by atoms with van der Waals surface area (Å²) in [5, 5.41) is 14.5. The van der Waals surface area contributed by atoms with Gasteiger partial charge in [0.1, 0.15) is 6.04 Å². The van der Waals surface area contributed by atoms with Crippen molar-refractivity contribution in [1.29, 1.82) is 0 Å². The summed E-state index contributed by atoms with van der Waals surface area (Å²) in [6.07, 6.45) is 4.60. The second kappa shape index (κ2) is 8.86. The lowest BCUT2D eigenvalue weighted by Crippen LogP contribution is -2.52. The van der Waals surface area contributed by atoms with Crippen LogP contribution in [0, 0.1) is 12.8 Å². The highest BCUT2D eigenvalue weighted by atomic mass is 32.2. The van der Waals surface area contributed by atoms with Crippen LogP contribution in [0.2, 0.25) is 0 Å². The number of aliphatic carboxylic acids is 1. The van der Waals surface area contributed by atoms with Crippen LogP contribution in [0.15, 0.2) is 41.6 Å². The molecule has 0 saturated heterocycles. The molecule has 1 heterocycles. The zero-order valence-electron chi connectivity index (χ0n) is 16.6. The number of nitrogens with zero attached hydrogens (tertiary/aromatic N) is 1. The Morgan fingerprint density at radius 3 is 2.53 bits per heavy atom. The van der Waals surface area contributed by atoms with Crippen LogP contribution >= 0.6 is 0 Å². The fourth-order valence-corrected chi connectivity index (χ4v) is 5.26. The molecule has 162 valence electrons. The Balaban J connectivity index is 1.78. The maximum atomic E-state index is 13.1. The fourth-order valence-electron chi connectivity index (χ4n) is 3.81. The van der Waals surface area contributed by atoms with E-state index in [1.54, 1.807) is 12.1 Å². The Hall–Kier alpha value is -2.88. The highest BCUT2D eigenvalue weighted by Crippen LogP contribution is 2.26. The van der Waals surface area contributed by atoms with Crippen molar-refractivity contribution in [2.75, 3.05) is 0 Å². The van der Waals surface area contributed by atoms with Crippen molar-refractivity contribution in [3.63, 3.8) is 0 Å². The van der Waals surface area contributed by atoms with Gasteiger partial charge in [-0.05, 0) is 31.9 Å². The van der Waals surface area contributed by atoms with Crippen molar-refractivity contribution in [3.8, 4) is 0 Å². The van der Waals surface area contributed by atoms with Gasteiger partial charge in [-0.2, -0.15) is 0 Å². The van der Waals surface area contributed by atoms with Crippen LogP contribution in [0.4, 0.5) is 0 Å². The molecule has 2 aliphatic rings. The van der Waals surface area contributed by atoms with E-state index < -0.39 is 52.2 Å². The highest BCUT2D eigenvalue weighted by molar-refractivity contribution is 7.89. The molecule has 1 saturated carbocycles. The third-order valence-corrected chi connectivity index (χ3v) is 7.26. The average Bonchev–Trinajstić information content (AvgIpc) is 2.70. The molecule has 1 aromatic carbocycles. The van der Waals surface area contributed by atoms with Gasteiger partial charge in [-0.3, -0.25) is 18.7 Å². The van der Waals surface area contributed by atoms with Gasteiger partial charge in [0, 0.05) is 18.4 Å². The molecule has 3 N–H and O–H groups in total. The van der Waals surface area contributed by atoms with Crippen LogP contribution in [-0.2, 0) is 24.4 Å². The molecular formula is C20H25N3O6S. The van der Waals surface area contributed by atoms with E-state index in [1.807, 2.05) is 6.92 Å². The lowest BCUT2D eigenvalue weighted by Gasteiger charge is -2.33. The van der Waals surface area contributed by atoms with Gasteiger partial charge >= 0.3 is 5.97 Å². The van der Waals surface area contributed by atoms with Gasteiger partial charge in [-0.15, -0.1) is 0 Å². The molecule has 3 atom stereocenters. The number of carbonyl (C=O) groups is 3. The topological polar surface area (TPSA) is 133 Å². The molecule has 1 fully saturated rings. The summed E-state index contributed by atoms with van der Waals surface area (Å²) in [7, 11) is -4.05. The van der Waals surface area contributed by atoms with Crippen LogP contribution in [-0.4, -0.2) is 47.7 Å². The maximum Gasteiger partial charge on any atom is 0.308 e. The summed E-state index contributed by atoms with van der Waals surface area (Å²) in [5.41, 5.74) is 0.886. The molecule has 1 aliphatic carbocycles. The predicted octanol–water partition coefficient (Wildman–Crippen LogP) is 1.11. The number of carboxylic acid groups (broad SMARTS) is 1. The zero-order chi connectivity index (χ0) is 21.9. The van der Waals surface area contributed by atoms with E-state index in [4.69, 9.17) is 0 Å². The minimum atomic E-state index is -4.05. The molecule has 0 spiro atoms. The number of amides is 2. The Morgan fingerprint density at radius 1 is 1.20 bits per heavy atom. The molecule has 2 amide bonds. The first-order chi connectivity index (χ1) is 14.2. The van der Waals surface area contributed by atoms with Gasteiger partial charge in [0.25, 0.3) is 10.0 Å². The molecule has 0 bridgehead atoms. The lowest BCUT2D eigenvalue weighted by molar-refractivity contribution is -0.144. The van der Waals surface area contributed by atoms with Crippen molar-refractivity contribution < 1.29 is 27.9 Å². The van der Waals surface area contributed by atoms with Crippen LogP contribution < -0.4 is 10.6 Å². The first-order valence-corrected chi connectivity index (χ1v) is 11.2. The Kier molecular flexibility index (Phi) is 6.45. The minimum Gasteiger partial charge on any atom is -0.481 e. The monoisotopic (exact) mass is 435 g/mol. The molecule has 3 rings (SSSR count). The predicted molar refractivity (Wildman–Crippen MR) is 107 cm³/mol.